The third-order valence-electron chi connectivity index (χ3n) is 5.51. The molecule has 0 saturated carbocycles. The summed E-state index contributed by atoms with van der Waals surface area (Å²) in [6, 6.07) is 6.38. The van der Waals surface area contributed by atoms with Gasteiger partial charge in [0, 0.05) is 31.4 Å². The van der Waals surface area contributed by atoms with E-state index in [1.807, 2.05) is 0 Å². The molecule has 2 heterocycles. The fourth-order valence-electron chi connectivity index (χ4n) is 3.78. The average Bonchev–Trinajstić information content (AvgIpc) is 3.15. The van der Waals surface area contributed by atoms with Gasteiger partial charge in [-0.05, 0) is 24.3 Å². The number of benzene rings is 1. The molecular weight excluding hydrogens is 557 g/mol. The maximum absolute atomic E-state index is 14.9. The second-order valence-electron chi connectivity index (χ2n) is 8.10. The smallest absolute Gasteiger partial charge is 0.422 e. The fraction of sp³-hybridized carbons (Fsp3) is 0.550. The molecule has 1 aromatic carbocycles. The van der Waals surface area contributed by atoms with Crippen molar-refractivity contribution in [3.8, 4) is 0 Å². The lowest BCUT2D eigenvalue weighted by atomic mass is 10.2. The van der Waals surface area contributed by atoms with Crippen molar-refractivity contribution in [2.75, 3.05) is 42.5 Å². The van der Waals surface area contributed by atoms with Crippen LogP contribution in [0.25, 0.3) is 0 Å². The summed E-state index contributed by atoms with van der Waals surface area (Å²) < 4.78 is 58.1. The van der Waals surface area contributed by atoms with Gasteiger partial charge in [0.2, 0.25) is 5.91 Å². The molecule has 1 aromatic rings. The number of piperazine rings is 1. The summed E-state index contributed by atoms with van der Waals surface area (Å²) in [5, 5.41) is 4.12. The van der Waals surface area contributed by atoms with Gasteiger partial charge in [-0.25, -0.2) is 14.1 Å². The Kier molecular flexibility index (Phi) is 8.69. The number of halogens is 7. The zero-order valence-electron chi connectivity index (χ0n) is 18.7. The minimum Gasteiger partial charge on any atom is -0.442 e. The minimum absolute atomic E-state index is 0.000527. The Morgan fingerprint density at radius 1 is 1.11 bits per heavy atom. The van der Waals surface area contributed by atoms with Crippen LogP contribution in [0.4, 0.5) is 33.7 Å². The highest BCUT2D eigenvalue weighted by atomic mass is 35.6. The third kappa shape index (κ3) is 6.96. The van der Waals surface area contributed by atoms with Gasteiger partial charge in [-0.1, -0.05) is 34.8 Å². The molecule has 36 heavy (non-hydrogen) atoms. The van der Waals surface area contributed by atoms with E-state index in [1.165, 1.54) is 16.7 Å². The quantitative estimate of drug-likeness (QED) is 0.306. The van der Waals surface area contributed by atoms with Gasteiger partial charge in [-0.15, -0.1) is 0 Å². The first kappa shape index (κ1) is 28.4. The van der Waals surface area contributed by atoms with Crippen molar-refractivity contribution < 1.29 is 36.7 Å². The lowest BCUT2D eigenvalue weighted by Crippen LogP contribution is -2.65. The highest BCUT2D eigenvalue weighted by Crippen LogP contribution is 2.32. The van der Waals surface area contributed by atoms with Gasteiger partial charge in [0.05, 0.1) is 19.6 Å². The van der Waals surface area contributed by atoms with Gasteiger partial charge in [-0.2, -0.15) is 13.2 Å². The van der Waals surface area contributed by atoms with Crippen LogP contribution in [-0.4, -0.2) is 84.1 Å². The fourth-order valence-corrected chi connectivity index (χ4v) is 3.94. The monoisotopic (exact) mass is 577 g/mol. The van der Waals surface area contributed by atoms with E-state index < -0.39 is 53.6 Å². The van der Waals surface area contributed by atoms with Crippen molar-refractivity contribution in [3.63, 3.8) is 0 Å². The molecule has 16 heteroatoms. The lowest BCUT2D eigenvalue weighted by molar-refractivity contribution is -0.209. The van der Waals surface area contributed by atoms with E-state index in [0.29, 0.717) is 16.3 Å². The molecule has 2 fully saturated rings. The molecule has 0 aromatic heterocycles. The summed E-state index contributed by atoms with van der Waals surface area (Å²) in [4.78, 5) is 38.3. The van der Waals surface area contributed by atoms with Crippen LogP contribution < -0.4 is 20.4 Å². The van der Waals surface area contributed by atoms with Crippen molar-refractivity contribution in [1.82, 2.24) is 15.5 Å². The van der Waals surface area contributed by atoms with Crippen molar-refractivity contribution in [3.05, 3.63) is 24.3 Å². The maximum Gasteiger partial charge on any atom is 0.422 e. The second-order valence-corrected chi connectivity index (χ2v) is 10.4. The molecule has 3 rings (SSSR count). The van der Waals surface area contributed by atoms with Crippen LogP contribution in [0, 0.1) is 0 Å². The molecule has 0 spiro atoms. The summed E-state index contributed by atoms with van der Waals surface area (Å²) >= 11 is 16.0. The number of rotatable bonds is 6. The number of alkyl halides is 7. The zero-order valence-corrected chi connectivity index (χ0v) is 21.0. The number of cyclic esters (lactones) is 1. The number of nitrogens with one attached hydrogen (secondary N) is 2. The van der Waals surface area contributed by atoms with Crippen LogP contribution >= 0.6 is 34.8 Å². The number of anilines is 2. The molecule has 200 valence electrons. The number of amides is 3. The number of hydrogen-bond donors (Lipinski definition) is 2. The summed E-state index contributed by atoms with van der Waals surface area (Å²) in [5.41, 5.74) is 1.01. The summed E-state index contributed by atoms with van der Waals surface area (Å²) in [7, 11) is 0. The van der Waals surface area contributed by atoms with Crippen molar-refractivity contribution in [2.24, 2.45) is 0 Å². The van der Waals surface area contributed by atoms with Crippen LogP contribution in [0.3, 0.4) is 0 Å². The normalized spacial score (nSPS) is 22.3. The summed E-state index contributed by atoms with van der Waals surface area (Å²) in [5.74, 6) is -1.78. The Bertz CT molecular complexity index is 980. The Morgan fingerprint density at radius 2 is 1.72 bits per heavy atom. The predicted octanol–water partition coefficient (Wildman–Crippen LogP) is 2.94. The average molecular weight is 579 g/mol. The van der Waals surface area contributed by atoms with Crippen molar-refractivity contribution in [1.29, 1.82) is 0 Å². The first-order valence-corrected chi connectivity index (χ1v) is 11.7. The predicted molar refractivity (Wildman–Crippen MR) is 125 cm³/mol. The highest BCUT2D eigenvalue weighted by Gasteiger charge is 2.50. The van der Waals surface area contributed by atoms with E-state index in [0.717, 1.165) is 0 Å². The third-order valence-corrected chi connectivity index (χ3v) is 6.02. The molecule has 2 unspecified atom stereocenters. The van der Waals surface area contributed by atoms with E-state index in [-0.39, 0.29) is 25.5 Å². The molecule has 0 bridgehead atoms. The van der Waals surface area contributed by atoms with E-state index in [9.17, 15) is 31.9 Å². The molecule has 2 N–H and O–H groups in total. The SMILES string of the molecule is CC(=O)NCC1CN(c2ccc(N3CCN(C(NC(=O)C(Cl)(Cl)Cl)C(F)(F)F)[C@@H](F)C3)cc2)C(=O)O1. The van der Waals surface area contributed by atoms with E-state index >= 15 is 0 Å². The first-order chi connectivity index (χ1) is 16.7. The minimum atomic E-state index is -5.03. The van der Waals surface area contributed by atoms with Gasteiger partial charge in [0.1, 0.15) is 6.10 Å². The highest BCUT2D eigenvalue weighted by molar-refractivity contribution is 6.76. The van der Waals surface area contributed by atoms with Gasteiger partial charge >= 0.3 is 12.3 Å². The molecular formula is C20H22Cl3F4N5O4. The van der Waals surface area contributed by atoms with E-state index in [2.05, 4.69) is 5.32 Å². The Labute approximate surface area is 218 Å². The van der Waals surface area contributed by atoms with Crippen LogP contribution in [0.1, 0.15) is 6.92 Å². The van der Waals surface area contributed by atoms with Crippen molar-refractivity contribution >= 4 is 64.1 Å². The van der Waals surface area contributed by atoms with Crippen LogP contribution in [0.15, 0.2) is 24.3 Å². The standard InChI is InChI=1S/C20H22Cl3F4N5O4/c1-11(33)28-8-14-9-32(18(35)36-14)13-4-2-12(3-5-13)30-6-7-31(15(24)10-30)16(20(25,26)27)29-17(34)19(21,22)23/h2-5,14-16H,6-10H2,1H3,(H,28,33)(H,29,34)/t14?,15-,16?/m1/s1. The molecule has 3 amide bonds. The van der Waals surface area contributed by atoms with Gasteiger partial charge in [-0.3, -0.25) is 14.5 Å². The number of hydrogen-bond acceptors (Lipinski definition) is 6. The molecule has 2 saturated heterocycles. The molecule has 2 aliphatic heterocycles. The largest absolute Gasteiger partial charge is 0.442 e. The Morgan fingerprint density at radius 3 is 2.25 bits per heavy atom. The number of carbonyl (C=O) groups is 3. The van der Waals surface area contributed by atoms with Crippen molar-refractivity contribution in [2.45, 2.75) is 35.5 Å². The topological polar surface area (TPSA) is 94.2 Å². The summed E-state index contributed by atoms with van der Waals surface area (Å²) in [6.07, 6.45) is -10.9. The van der Waals surface area contributed by atoms with Gasteiger partial charge < -0.3 is 20.3 Å². The lowest BCUT2D eigenvalue weighted by Gasteiger charge is -2.43. The summed E-state index contributed by atoms with van der Waals surface area (Å²) in [6.45, 7) is 0.900. The molecule has 9 nitrogen and oxygen atoms in total. The Hall–Kier alpha value is -2.22. The molecule has 3 atom stereocenters. The maximum atomic E-state index is 14.9. The van der Waals surface area contributed by atoms with Crippen LogP contribution in [0.2, 0.25) is 0 Å². The number of carbonyl (C=O) groups excluding carboxylic acids is 3. The number of nitrogens with zero attached hydrogens (tertiary/aromatic N) is 3. The van der Waals surface area contributed by atoms with Gasteiger partial charge in [0.25, 0.3) is 9.70 Å². The van der Waals surface area contributed by atoms with E-state index in [4.69, 9.17) is 39.5 Å². The Balaban J connectivity index is 1.64. The number of ether oxygens (including phenoxy) is 1. The first-order valence-electron chi connectivity index (χ1n) is 10.6. The van der Waals surface area contributed by atoms with Gasteiger partial charge in [0.15, 0.2) is 12.5 Å². The zero-order chi connectivity index (χ0) is 26.8. The van der Waals surface area contributed by atoms with Crippen LogP contribution in [-0.2, 0) is 14.3 Å². The molecule has 0 aliphatic carbocycles. The second kappa shape index (κ2) is 11.0. The van der Waals surface area contributed by atoms with Crippen LogP contribution in [0.5, 0.6) is 0 Å². The molecule has 2 aliphatic rings. The molecule has 0 radical (unpaired) electrons. The van der Waals surface area contributed by atoms with E-state index in [1.54, 1.807) is 29.6 Å².